The molecule has 3 fully saturated rings. The molecule has 7 rings (SSSR count). The highest BCUT2D eigenvalue weighted by molar-refractivity contribution is 7.22. The van der Waals surface area contributed by atoms with Gasteiger partial charge in [0.25, 0.3) is 0 Å². The third-order valence-electron chi connectivity index (χ3n) is 8.19. The number of ether oxygens (including phenoxy) is 2. The number of carbonyl (C=O) groups is 1. The molecule has 0 amide bonds. The van der Waals surface area contributed by atoms with E-state index < -0.39 is 5.97 Å². The van der Waals surface area contributed by atoms with E-state index in [0.717, 1.165) is 59.7 Å². The van der Waals surface area contributed by atoms with Crippen LogP contribution in [0.15, 0.2) is 40.9 Å². The number of rotatable bonds is 8. The van der Waals surface area contributed by atoms with Gasteiger partial charge in [-0.1, -0.05) is 28.6 Å². The third-order valence-corrected chi connectivity index (χ3v) is 9.20. The molecule has 1 N–H and O–H groups in total. The first-order chi connectivity index (χ1) is 19.0. The number of fused-ring (bicyclic) bond motifs is 3. The van der Waals surface area contributed by atoms with Gasteiger partial charge in [0.2, 0.25) is 0 Å². The first-order valence-corrected chi connectivity index (χ1v) is 14.2. The fourth-order valence-electron chi connectivity index (χ4n) is 6.15. The van der Waals surface area contributed by atoms with Gasteiger partial charge < -0.3 is 24.0 Å². The Kier molecular flexibility index (Phi) is 6.04. The molecule has 0 radical (unpaired) electrons. The van der Waals surface area contributed by atoms with Crippen LogP contribution in [0.4, 0.5) is 9.52 Å². The van der Waals surface area contributed by atoms with Crippen molar-refractivity contribution in [3.63, 3.8) is 0 Å². The molecule has 1 aliphatic carbocycles. The molecule has 2 aromatic carbocycles. The lowest BCUT2D eigenvalue weighted by atomic mass is 10.00. The van der Waals surface area contributed by atoms with Crippen LogP contribution in [-0.2, 0) is 11.3 Å². The SMILES string of the molecule is COc1cc(C(=O)O)cc2sc(N3C4CCC3CC(OCc3c(-c5ccccc5F)noc3C3CC3)C4)nc12. The summed E-state index contributed by atoms with van der Waals surface area (Å²) in [7, 11) is 1.54. The maximum Gasteiger partial charge on any atom is 0.335 e. The number of halogens is 1. The van der Waals surface area contributed by atoms with E-state index in [1.54, 1.807) is 18.2 Å². The Balaban J connectivity index is 1.11. The number of aromatic nitrogens is 2. The zero-order valence-corrected chi connectivity index (χ0v) is 22.2. The second-order valence-electron chi connectivity index (χ2n) is 10.7. The van der Waals surface area contributed by atoms with Gasteiger partial charge in [0.05, 0.1) is 30.1 Å². The molecule has 4 aromatic rings. The summed E-state index contributed by atoms with van der Waals surface area (Å²) in [5.41, 5.74) is 2.74. The number of nitrogens with zero attached hydrogens (tertiary/aromatic N) is 3. The van der Waals surface area contributed by atoms with Gasteiger partial charge in [-0.25, -0.2) is 14.2 Å². The minimum Gasteiger partial charge on any atom is -0.494 e. The fraction of sp³-hybridized carbons (Fsp3) is 0.414. The van der Waals surface area contributed by atoms with Crippen LogP contribution in [0.25, 0.3) is 21.5 Å². The summed E-state index contributed by atoms with van der Waals surface area (Å²) in [6.45, 7) is 0.347. The van der Waals surface area contributed by atoms with E-state index in [1.807, 2.05) is 6.07 Å². The summed E-state index contributed by atoms with van der Waals surface area (Å²) in [6, 6.07) is 10.4. The van der Waals surface area contributed by atoms with Crippen molar-refractivity contribution in [1.82, 2.24) is 10.1 Å². The number of thiazole rings is 1. The number of methoxy groups -OCH3 is 1. The molecule has 8 nitrogen and oxygen atoms in total. The average Bonchev–Trinajstić information content (AvgIpc) is 3.45. The molecule has 2 bridgehead atoms. The van der Waals surface area contributed by atoms with E-state index in [4.69, 9.17) is 19.0 Å². The molecule has 4 heterocycles. The number of hydrogen-bond acceptors (Lipinski definition) is 8. The van der Waals surface area contributed by atoms with Gasteiger partial charge in [-0.2, -0.15) is 0 Å². The molecule has 3 aliphatic rings. The zero-order valence-electron chi connectivity index (χ0n) is 21.4. The van der Waals surface area contributed by atoms with Crippen molar-refractivity contribution in [2.75, 3.05) is 12.0 Å². The number of aromatic carboxylic acids is 1. The number of benzene rings is 2. The van der Waals surface area contributed by atoms with Crippen molar-refractivity contribution in [2.24, 2.45) is 0 Å². The molecular weight excluding hydrogens is 521 g/mol. The van der Waals surface area contributed by atoms with Crippen molar-refractivity contribution >= 4 is 32.7 Å². The molecular formula is C29H28FN3O5S. The maximum absolute atomic E-state index is 14.6. The Hall–Kier alpha value is -3.50. The Morgan fingerprint density at radius 1 is 1.18 bits per heavy atom. The van der Waals surface area contributed by atoms with Crippen LogP contribution in [0.3, 0.4) is 0 Å². The van der Waals surface area contributed by atoms with Crippen LogP contribution in [0.5, 0.6) is 5.75 Å². The number of hydrogen-bond donors (Lipinski definition) is 1. The summed E-state index contributed by atoms with van der Waals surface area (Å²) in [6.07, 6.45) is 6.02. The molecule has 1 saturated carbocycles. The van der Waals surface area contributed by atoms with Crippen LogP contribution >= 0.6 is 11.3 Å². The van der Waals surface area contributed by atoms with Crippen molar-refractivity contribution in [3.8, 4) is 17.0 Å². The first kappa shape index (κ1) is 24.5. The van der Waals surface area contributed by atoms with Gasteiger partial charge >= 0.3 is 5.97 Å². The van der Waals surface area contributed by atoms with Gasteiger partial charge in [-0.3, -0.25) is 0 Å². The molecule has 2 atom stereocenters. The summed E-state index contributed by atoms with van der Waals surface area (Å²) in [4.78, 5) is 18.8. The molecule has 10 heteroatoms. The highest BCUT2D eigenvalue weighted by Crippen LogP contribution is 2.46. The summed E-state index contributed by atoms with van der Waals surface area (Å²) >= 11 is 1.51. The zero-order chi connectivity index (χ0) is 26.7. The van der Waals surface area contributed by atoms with E-state index in [2.05, 4.69) is 10.1 Å². The minimum absolute atomic E-state index is 0.0664. The lowest BCUT2D eigenvalue weighted by molar-refractivity contribution is 0.0147. The lowest BCUT2D eigenvalue weighted by Crippen LogP contribution is -2.45. The van der Waals surface area contributed by atoms with Crippen LogP contribution in [-0.4, -0.2) is 46.5 Å². The predicted octanol–water partition coefficient (Wildman–Crippen LogP) is 6.39. The van der Waals surface area contributed by atoms with E-state index in [1.165, 1.54) is 30.6 Å². The van der Waals surface area contributed by atoms with Crippen LogP contribution < -0.4 is 9.64 Å². The van der Waals surface area contributed by atoms with Crippen molar-refractivity contribution in [2.45, 2.75) is 69.2 Å². The molecule has 2 aromatic heterocycles. The van der Waals surface area contributed by atoms with Gasteiger partial charge in [0.15, 0.2) is 5.13 Å². The number of carboxylic acids is 1. The van der Waals surface area contributed by atoms with E-state index in [9.17, 15) is 14.3 Å². The largest absolute Gasteiger partial charge is 0.494 e. The number of piperidine rings is 1. The molecule has 2 unspecified atom stereocenters. The van der Waals surface area contributed by atoms with Gasteiger partial charge in [0.1, 0.15) is 28.5 Å². The number of anilines is 1. The smallest absolute Gasteiger partial charge is 0.335 e. The van der Waals surface area contributed by atoms with Gasteiger partial charge in [0, 0.05) is 29.1 Å². The average molecular weight is 550 g/mol. The standard InChI is InChI=1S/C29H28FN3O5S/c1-36-23-10-16(28(34)35)11-24-26(23)31-29(39-24)33-17-8-9-18(33)13-19(12-17)37-14-21-25(20-4-2-3-5-22(20)30)32-38-27(21)15-6-7-15/h2-5,10-11,15,17-19H,6-9,12-14H2,1H3,(H,34,35). The first-order valence-electron chi connectivity index (χ1n) is 13.3. The molecule has 0 spiro atoms. The highest BCUT2D eigenvalue weighted by atomic mass is 32.1. The molecule has 202 valence electrons. The van der Waals surface area contributed by atoms with E-state index in [0.29, 0.717) is 35.0 Å². The Morgan fingerprint density at radius 3 is 2.64 bits per heavy atom. The van der Waals surface area contributed by atoms with Gasteiger partial charge in [-0.05, 0) is 62.8 Å². The van der Waals surface area contributed by atoms with E-state index in [-0.39, 0.29) is 29.6 Å². The second kappa shape index (κ2) is 9.60. The van der Waals surface area contributed by atoms with Crippen molar-refractivity contribution < 1.29 is 28.3 Å². The lowest BCUT2D eigenvalue weighted by Gasteiger charge is -2.38. The monoisotopic (exact) mass is 549 g/mol. The maximum atomic E-state index is 14.6. The van der Waals surface area contributed by atoms with Crippen molar-refractivity contribution in [1.29, 1.82) is 0 Å². The van der Waals surface area contributed by atoms with E-state index >= 15 is 0 Å². The van der Waals surface area contributed by atoms with Crippen molar-refractivity contribution in [3.05, 3.63) is 59.1 Å². The van der Waals surface area contributed by atoms with Crippen LogP contribution in [0, 0.1) is 5.82 Å². The normalized spacial score (nSPS) is 22.5. The van der Waals surface area contributed by atoms with Gasteiger partial charge in [-0.15, -0.1) is 0 Å². The Morgan fingerprint density at radius 2 is 1.95 bits per heavy atom. The van der Waals surface area contributed by atoms with Crippen LogP contribution in [0.2, 0.25) is 0 Å². The Labute approximate surface area is 228 Å². The quantitative estimate of drug-likeness (QED) is 0.270. The molecule has 2 saturated heterocycles. The Bertz CT molecular complexity index is 1550. The summed E-state index contributed by atoms with van der Waals surface area (Å²) in [5, 5.41) is 14.6. The molecule has 2 aliphatic heterocycles. The second-order valence-corrected chi connectivity index (χ2v) is 11.7. The van der Waals surface area contributed by atoms with Crippen LogP contribution in [0.1, 0.15) is 66.1 Å². The number of carboxylic acid groups (broad SMARTS) is 1. The molecule has 39 heavy (non-hydrogen) atoms. The highest BCUT2D eigenvalue weighted by Gasteiger charge is 2.43. The topological polar surface area (TPSA) is 97.9 Å². The summed E-state index contributed by atoms with van der Waals surface area (Å²) in [5.74, 6) is 0.344. The summed E-state index contributed by atoms with van der Waals surface area (Å²) < 4.78 is 33.1. The predicted molar refractivity (Wildman–Crippen MR) is 144 cm³/mol. The third kappa shape index (κ3) is 4.35. The minimum atomic E-state index is -0.987. The fourth-order valence-corrected chi connectivity index (χ4v) is 7.31.